The van der Waals surface area contributed by atoms with Crippen LogP contribution < -0.4 is 22.5 Å². The zero-order valence-corrected chi connectivity index (χ0v) is 8.23. The topological polar surface area (TPSA) is 99.5 Å². The highest BCUT2D eigenvalue weighted by Gasteiger charge is 2.06. The normalized spacial score (nSPS) is 13.2. The van der Waals surface area contributed by atoms with E-state index in [1.54, 1.807) is 0 Å². The average Bonchev–Trinajstić information content (AvgIpc) is 2.06. The van der Waals surface area contributed by atoms with Gasteiger partial charge < -0.3 is 22.5 Å². The van der Waals surface area contributed by atoms with E-state index in [1.807, 2.05) is 0 Å². The van der Waals surface area contributed by atoms with E-state index in [0.29, 0.717) is 6.04 Å². The second-order valence-electron chi connectivity index (χ2n) is 3.38. The zero-order valence-electron chi connectivity index (χ0n) is 8.23. The summed E-state index contributed by atoms with van der Waals surface area (Å²) in [5.41, 5.74) is 11.7. The lowest BCUT2D eigenvalue weighted by molar-refractivity contribution is -0.692. The van der Waals surface area contributed by atoms with Gasteiger partial charge in [-0.25, -0.2) is 0 Å². The molecule has 0 fully saturated rings. The molecule has 0 aliphatic carbocycles. The van der Waals surface area contributed by atoms with Gasteiger partial charge in [0.25, 0.3) is 0 Å². The van der Waals surface area contributed by atoms with Gasteiger partial charge >= 0.3 is 0 Å². The number of nitrogens with two attached hydrogens (primary N) is 1. The Bertz CT molecular complexity index is 77.1. The summed E-state index contributed by atoms with van der Waals surface area (Å²) in [6.07, 6.45) is 3.79. The van der Waals surface area contributed by atoms with E-state index < -0.39 is 0 Å². The molecule has 12 heavy (non-hydrogen) atoms. The molecule has 4 heteroatoms. The van der Waals surface area contributed by atoms with Crippen LogP contribution in [-0.4, -0.2) is 32.2 Å². The zero-order chi connectivity index (χ0) is 9.23. The monoisotopic (exact) mass is 178 g/mol. The number of unbranched alkanes of at least 4 members (excludes halogenated alkanes) is 1. The summed E-state index contributed by atoms with van der Waals surface area (Å²) in [6, 6.07) is 0.614. The van der Waals surface area contributed by atoms with E-state index in [9.17, 15) is 0 Å². The summed E-state index contributed by atoms with van der Waals surface area (Å²) < 4.78 is 0. The van der Waals surface area contributed by atoms with Gasteiger partial charge in [-0.2, -0.15) is 0 Å². The van der Waals surface area contributed by atoms with E-state index in [0.717, 1.165) is 26.2 Å². The lowest BCUT2D eigenvalue weighted by atomic mass is 10.1. The Balaban J connectivity index is 3.04. The minimum Gasteiger partial charge on any atom is -0.358 e. The fourth-order valence-electron chi connectivity index (χ4n) is 1.23. The Morgan fingerprint density at radius 1 is 1.08 bits per heavy atom. The van der Waals surface area contributed by atoms with Crippen molar-refractivity contribution < 1.29 is 22.5 Å². The Morgan fingerprint density at radius 2 is 1.83 bits per heavy atom. The molecule has 0 aromatic carbocycles. The van der Waals surface area contributed by atoms with E-state index in [2.05, 4.69) is 22.5 Å². The number of quaternary nitrogens is 4. The molecule has 0 spiro atoms. The minimum atomic E-state index is 0.614. The Morgan fingerprint density at radius 3 is 2.42 bits per heavy atom. The highest BCUT2D eigenvalue weighted by molar-refractivity contribution is 4.49. The lowest BCUT2D eigenvalue weighted by Gasteiger charge is -2.05. The molecular formula is C8H26N4+4. The number of hydrogen-bond acceptors (Lipinski definition) is 0. The summed E-state index contributed by atoms with van der Waals surface area (Å²) >= 11 is 0. The maximum absolute atomic E-state index is 4.11. The van der Waals surface area contributed by atoms with Gasteiger partial charge in [0.15, 0.2) is 0 Å². The van der Waals surface area contributed by atoms with Crippen LogP contribution in [0, 0.1) is 0 Å². The van der Waals surface area contributed by atoms with Crippen LogP contribution in [0.5, 0.6) is 0 Å². The Kier molecular flexibility index (Phi) is 8.81. The van der Waals surface area contributed by atoms with E-state index >= 15 is 0 Å². The van der Waals surface area contributed by atoms with Gasteiger partial charge in [-0.1, -0.05) is 0 Å². The molecule has 1 unspecified atom stereocenters. The molecule has 0 saturated heterocycles. The van der Waals surface area contributed by atoms with Crippen molar-refractivity contribution in [3.8, 4) is 0 Å². The number of rotatable bonds is 8. The first-order valence-electron chi connectivity index (χ1n) is 5.04. The van der Waals surface area contributed by atoms with Gasteiger partial charge in [-0.15, -0.1) is 0 Å². The van der Waals surface area contributed by atoms with Crippen molar-refractivity contribution >= 4 is 0 Å². The second kappa shape index (κ2) is 8.93. The van der Waals surface area contributed by atoms with Crippen molar-refractivity contribution in [2.24, 2.45) is 0 Å². The van der Waals surface area contributed by atoms with Crippen LogP contribution in [0.1, 0.15) is 19.3 Å². The van der Waals surface area contributed by atoms with Crippen LogP contribution >= 0.6 is 0 Å². The Hall–Kier alpha value is -0.160. The fourth-order valence-corrected chi connectivity index (χ4v) is 1.23. The van der Waals surface area contributed by atoms with Crippen LogP contribution in [0.2, 0.25) is 0 Å². The van der Waals surface area contributed by atoms with Crippen LogP contribution in [0.4, 0.5) is 0 Å². The molecule has 0 heterocycles. The SMILES string of the molecule is [NH3+]CCCCC([NH3+])C[NH2+]CC[NH3+]. The van der Waals surface area contributed by atoms with Gasteiger partial charge in [-0.05, 0) is 12.8 Å². The summed E-state index contributed by atoms with van der Waals surface area (Å²) in [7, 11) is 0. The third kappa shape index (κ3) is 7.94. The molecule has 0 aliphatic rings. The molecular weight excluding hydrogens is 152 g/mol. The molecule has 0 saturated carbocycles. The fraction of sp³-hybridized carbons (Fsp3) is 1.00. The molecule has 0 aliphatic heterocycles. The largest absolute Gasteiger partial charge is 0.358 e. The Labute approximate surface area is 74.9 Å². The summed E-state index contributed by atoms with van der Waals surface area (Å²) in [4.78, 5) is 0. The van der Waals surface area contributed by atoms with Crippen molar-refractivity contribution in [2.45, 2.75) is 25.3 Å². The van der Waals surface area contributed by atoms with Crippen molar-refractivity contribution in [3.63, 3.8) is 0 Å². The van der Waals surface area contributed by atoms with Crippen molar-refractivity contribution in [3.05, 3.63) is 0 Å². The molecule has 0 bridgehead atoms. The minimum absolute atomic E-state index is 0.614. The van der Waals surface area contributed by atoms with Gasteiger partial charge in [0.05, 0.1) is 6.54 Å². The molecule has 0 amide bonds. The first-order valence-corrected chi connectivity index (χ1v) is 5.04. The highest BCUT2D eigenvalue weighted by Crippen LogP contribution is 1.93. The maximum Gasteiger partial charge on any atom is 0.134 e. The summed E-state index contributed by atoms with van der Waals surface area (Å²) in [5.74, 6) is 0. The van der Waals surface area contributed by atoms with Gasteiger partial charge in [0.2, 0.25) is 0 Å². The molecule has 0 rings (SSSR count). The first-order chi connectivity index (χ1) is 5.81. The standard InChI is InChI=1S/C8H22N4/c9-4-2-1-3-8(11)7-12-6-5-10/h8,12H,1-7,9-11H2/p+4. The van der Waals surface area contributed by atoms with Crippen LogP contribution in [-0.2, 0) is 0 Å². The van der Waals surface area contributed by atoms with Crippen LogP contribution in [0.15, 0.2) is 0 Å². The van der Waals surface area contributed by atoms with Gasteiger partial charge in [-0.3, -0.25) is 0 Å². The third-order valence-corrected chi connectivity index (χ3v) is 2.02. The quantitative estimate of drug-likeness (QED) is 0.271. The summed E-state index contributed by atoms with van der Waals surface area (Å²) in [5, 5.41) is 2.31. The molecule has 4 nitrogen and oxygen atoms in total. The first kappa shape index (κ1) is 11.8. The number of hydrogen-bond donors (Lipinski definition) is 4. The highest BCUT2D eigenvalue weighted by atomic mass is 14.9. The molecule has 0 radical (unpaired) electrons. The maximum atomic E-state index is 4.11. The predicted molar refractivity (Wildman–Crippen MR) is 47.7 cm³/mol. The van der Waals surface area contributed by atoms with Gasteiger partial charge in [0, 0.05) is 6.42 Å². The smallest absolute Gasteiger partial charge is 0.134 e. The summed E-state index contributed by atoms with van der Waals surface area (Å²) in [6.45, 7) is 4.38. The average molecular weight is 178 g/mol. The molecule has 0 aromatic rings. The van der Waals surface area contributed by atoms with Crippen molar-refractivity contribution in [1.82, 2.24) is 0 Å². The second-order valence-corrected chi connectivity index (χ2v) is 3.38. The van der Waals surface area contributed by atoms with Crippen LogP contribution in [0.25, 0.3) is 0 Å². The van der Waals surface area contributed by atoms with E-state index in [1.165, 1.54) is 19.3 Å². The van der Waals surface area contributed by atoms with Crippen LogP contribution in [0.3, 0.4) is 0 Å². The molecule has 1 atom stereocenters. The van der Waals surface area contributed by atoms with Gasteiger partial charge in [0.1, 0.15) is 25.7 Å². The molecule has 74 valence electrons. The van der Waals surface area contributed by atoms with Crippen molar-refractivity contribution in [2.75, 3.05) is 26.2 Å². The molecule has 0 aromatic heterocycles. The molecule has 11 N–H and O–H groups in total. The third-order valence-electron chi connectivity index (χ3n) is 2.02. The predicted octanol–water partition coefficient (Wildman–Crippen LogP) is -4.19. The van der Waals surface area contributed by atoms with Crippen molar-refractivity contribution in [1.29, 1.82) is 0 Å². The van der Waals surface area contributed by atoms with E-state index in [4.69, 9.17) is 0 Å². The lowest BCUT2D eigenvalue weighted by Crippen LogP contribution is -2.93. The van der Waals surface area contributed by atoms with E-state index in [-0.39, 0.29) is 0 Å².